The summed E-state index contributed by atoms with van der Waals surface area (Å²) in [6.45, 7) is 9.13. The van der Waals surface area contributed by atoms with E-state index >= 15 is 0 Å². The van der Waals surface area contributed by atoms with Crippen LogP contribution in [0.5, 0.6) is 0 Å². The Hall–Kier alpha value is -2.60. The maximum atomic E-state index is 8.99. The van der Waals surface area contributed by atoms with Crippen LogP contribution in [0.3, 0.4) is 0 Å². The smallest absolute Gasteiger partial charge is 0.141 e. The SMILES string of the molecule is Cc1ccc(-c2nc3cc(C)c(C)cc3n2CCC#N)cc1C. The zero-order chi connectivity index (χ0) is 16.6. The van der Waals surface area contributed by atoms with Crippen LogP contribution in [-0.2, 0) is 6.54 Å². The Balaban J connectivity index is 2.25. The largest absolute Gasteiger partial charge is 0.323 e. The summed E-state index contributed by atoms with van der Waals surface area (Å²) in [5, 5.41) is 8.99. The molecule has 0 atom stereocenters. The molecule has 0 aliphatic rings. The van der Waals surface area contributed by atoms with Crippen LogP contribution >= 0.6 is 0 Å². The minimum absolute atomic E-state index is 0.482. The molecular weight excluding hydrogens is 282 g/mol. The van der Waals surface area contributed by atoms with Crippen molar-refractivity contribution in [3.8, 4) is 17.5 Å². The summed E-state index contributed by atoms with van der Waals surface area (Å²) in [6.07, 6.45) is 0.482. The minimum Gasteiger partial charge on any atom is -0.323 e. The van der Waals surface area contributed by atoms with Gasteiger partial charge in [-0.3, -0.25) is 0 Å². The average Bonchev–Trinajstić information content (AvgIpc) is 2.86. The topological polar surface area (TPSA) is 41.6 Å². The van der Waals surface area contributed by atoms with Crippen molar-refractivity contribution in [3.63, 3.8) is 0 Å². The molecule has 0 aliphatic heterocycles. The van der Waals surface area contributed by atoms with Gasteiger partial charge in [-0.2, -0.15) is 5.26 Å². The summed E-state index contributed by atoms with van der Waals surface area (Å²) in [7, 11) is 0. The van der Waals surface area contributed by atoms with Crippen molar-refractivity contribution in [2.45, 2.75) is 40.7 Å². The molecule has 3 heteroatoms. The van der Waals surface area contributed by atoms with Crippen LogP contribution in [0.2, 0.25) is 0 Å². The summed E-state index contributed by atoms with van der Waals surface area (Å²) >= 11 is 0. The van der Waals surface area contributed by atoms with Crippen LogP contribution in [0, 0.1) is 39.0 Å². The van der Waals surface area contributed by atoms with Crippen molar-refractivity contribution in [2.75, 3.05) is 0 Å². The summed E-state index contributed by atoms with van der Waals surface area (Å²) in [4.78, 5) is 4.86. The maximum absolute atomic E-state index is 8.99. The van der Waals surface area contributed by atoms with Gasteiger partial charge in [-0.25, -0.2) is 4.98 Å². The number of nitriles is 1. The second kappa shape index (κ2) is 5.89. The number of imidazole rings is 1. The van der Waals surface area contributed by atoms with E-state index < -0.39 is 0 Å². The van der Waals surface area contributed by atoms with Crippen LogP contribution < -0.4 is 0 Å². The standard InChI is InChI=1S/C20H21N3/c1-13-6-7-17(10-14(13)2)20-22-18-11-15(3)16(4)12-19(18)23(20)9-5-8-21/h6-7,10-12H,5,9H2,1-4H3. The van der Waals surface area contributed by atoms with Crippen LogP contribution in [0.15, 0.2) is 30.3 Å². The van der Waals surface area contributed by atoms with E-state index in [2.05, 4.69) is 68.7 Å². The van der Waals surface area contributed by atoms with E-state index in [1.54, 1.807) is 0 Å². The fraction of sp³-hybridized carbons (Fsp3) is 0.300. The molecule has 0 fully saturated rings. The Morgan fingerprint density at radius 1 is 0.957 bits per heavy atom. The van der Waals surface area contributed by atoms with E-state index in [-0.39, 0.29) is 0 Å². The number of aromatic nitrogens is 2. The fourth-order valence-corrected chi connectivity index (χ4v) is 2.87. The number of fused-ring (bicyclic) bond motifs is 1. The normalized spacial score (nSPS) is 10.9. The molecular formula is C20H21N3. The predicted octanol–water partition coefficient (Wildman–Crippen LogP) is 4.85. The minimum atomic E-state index is 0.482. The lowest BCUT2D eigenvalue weighted by molar-refractivity contribution is 0.744. The molecule has 0 N–H and O–H groups in total. The van der Waals surface area contributed by atoms with Crippen molar-refractivity contribution >= 4 is 11.0 Å². The van der Waals surface area contributed by atoms with Crippen molar-refractivity contribution < 1.29 is 0 Å². The molecule has 1 heterocycles. The number of hydrogen-bond acceptors (Lipinski definition) is 2. The second-order valence-electron chi connectivity index (χ2n) is 6.22. The molecule has 0 bridgehead atoms. The van der Waals surface area contributed by atoms with E-state index in [0.717, 1.165) is 22.4 Å². The van der Waals surface area contributed by atoms with Gasteiger partial charge in [-0.05, 0) is 68.1 Å². The first-order chi connectivity index (χ1) is 11.0. The van der Waals surface area contributed by atoms with Gasteiger partial charge in [0.25, 0.3) is 0 Å². The van der Waals surface area contributed by atoms with Crippen LogP contribution in [-0.4, -0.2) is 9.55 Å². The molecule has 23 heavy (non-hydrogen) atoms. The van der Waals surface area contributed by atoms with E-state index in [1.165, 1.54) is 22.3 Å². The van der Waals surface area contributed by atoms with Gasteiger partial charge < -0.3 is 4.57 Å². The van der Waals surface area contributed by atoms with Gasteiger partial charge in [0.15, 0.2) is 0 Å². The zero-order valence-electron chi connectivity index (χ0n) is 14.1. The third-order valence-electron chi connectivity index (χ3n) is 4.58. The highest BCUT2D eigenvalue weighted by atomic mass is 15.1. The highest BCUT2D eigenvalue weighted by Gasteiger charge is 2.14. The predicted molar refractivity (Wildman–Crippen MR) is 94.3 cm³/mol. The molecule has 3 rings (SSSR count). The summed E-state index contributed by atoms with van der Waals surface area (Å²) in [6, 6.07) is 13.0. The number of nitrogens with zero attached hydrogens (tertiary/aromatic N) is 3. The quantitative estimate of drug-likeness (QED) is 0.694. The molecule has 0 radical (unpaired) electrons. The monoisotopic (exact) mass is 303 g/mol. The molecule has 0 aliphatic carbocycles. The second-order valence-corrected chi connectivity index (χ2v) is 6.22. The van der Waals surface area contributed by atoms with E-state index in [9.17, 15) is 0 Å². The van der Waals surface area contributed by atoms with Crippen molar-refractivity contribution in [2.24, 2.45) is 0 Å². The number of hydrogen-bond donors (Lipinski definition) is 0. The van der Waals surface area contributed by atoms with Gasteiger partial charge in [-0.15, -0.1) is 0 Å². The van der Waals surface area contributed by atoms with Gasteiger partial charge in [0.2, 0.25) is 0 Å². The Morgan fingerprint density at radius 3 is 2.35 bits per heavy atom. The molecule has 3 nitrogen and oxygen atoms in total. The lowest BCUT2D eigenvalue weighted by Gasteiger charge is -2.09. The van der Waals surface area contributed by atoms with Crippen LogP contribution in [0.4, 0.5) is 0 Å². The Kier molecular flexibility index (Phi) is 3.92. The summed E-state index contributed by atoms with van der Waals surface area (Å²) in [5.41, 5.74) is 8.25. The van der Waals surface area contributed by atoms with Crippen molar-refractivity contribution in [1.29, 1.82) is 5.26 Å². The van der Waals surface area contributed by atoms with Crippen molar-refractivity contribution in [3.05, 3.63) is 52.6 Å². The molecule has 1 aromatic heterocycles. The molecule has 3 aromatic rings. The molecule has 116 valence electrons. The first kappa shape index (κ1) is 15.3. The molecule has 0 spiro atoms. The fourth-order valence-electron chi connectivity index (χ4n) is 2.87. The van der Waals surface area contributed by atoms with Crippen LogP contribution in [0.25, 0.3) is 22.4 Å². The lowest BCUT2D eigenvalue weighted by Crippen LogP contribution is -2.01. The van der Waals surface area contributed by atoms with E-state index in [1.807, 2.05) is 0 Å². The maximum Gasteiger partial charge on any atom is 0.141 e. The highest BCUT2D eigenvalue weighted by Crippen LogP contribution is 2.28. The number of benzene rings is 2. The Labute approximate surface area is 137 Å². The van der Waals surface area contributed by atoms with Gasteiger partial charge in [0, 0.05) is 12.1 Å². The third-order valence-corrected chi connectivity index (χ3v) is 4.58. The lowest BCUT2D eigenvalue weighted by atomic mass is 10.1. The van der Waals surface area contributed by atoms with Gasteiger partial charge in [0.05, 0.1) is 23.5 Å². The molecule has 0 saturated heterocycles. The van der Waals surface area contributed by atoms with Gasteiger partial charge >= 0.3 is 0 Å². The Bertz CT molecular complexity index is 926. The molecule has 0 amide bonds. The van der Waals surface area contributed by atoms with Crippen molar-refractivity contribution in [1.82, 2.24) is 9.55 Å². The first-order valence-electron chi connectivity index (χ1n) is 7.93. The Morgan fingerprint density at radius 2 is 1.65 bits per heavy atom. The van der Waals surface area contributed by atoms with Crippen LogP contribution in [0.1, 0.15) is 28.7 Å². The average molecular weight is 303 g/mol. The van der Waals surface area contributed by atoms with Gasteiger partial charge in [-0.1, -0.05) is 12.1 Å². The number of aryl methyl sites for hydroxylation is 5. The molecule has 0 saturated carbocycles. The first-order valence-corrected chi connectivity index (χ1v) is 7.93. The number of rotatable bonds is 3. The van der Waals surface area contributed by atoms with E-state index in [0.29, 0.717) is 13.0 Å². The van der Waals surface area contributed by atoms with E-state index in [4.69, 9.17) is 10.2 Å². The molecule has 2 aromatic carbocycles. The van der Waals surface area contributed by atoms with Gasteiger partial charge in [0.1, 0.15) is 5.82 Å². The summed E-state index contributed by atoms with van der Waals surface area (Å²) < 4.78 is 2.18. The zero-order valence-corrected chi connectivity index (χ0v) is 14.1. The highest BCUT2D eigenvalue weighted by molar-refractivity contribution is 5.82. The third kappa shape index (κ3) is 2.73. The molecule has 0 unspecified atom stereocenters. The summed E-state index contributed by atoms with van der Waals surface area (Å²) in [5.74, 6) is 0.948.